The Morgan fingerprint density at radius 2 is 1.65 bits per heavy atom. The lowest BCUT2D eigenvalue weighted by atomic mass is 9.88. The molecule has 2 aromatic carbocycles. The average molecular weight is 311 g/mol. The summed E-state index contributed by atoms with van der Waals surface area (Å²) in [6, 6.07) is 17.0. The normalized spacial score (nSPS) is 23.2. The van der Waals surface area contributed by atoms with Gasteiger partial charge in [-0.3, -0.25) is 5.32 Å². The van der Waals surface area contributed by atoms with E-state index in [-0.39, 0.29) is 12.0 Å². The molecule has 0 aliphatic carbocycles. The highest BCUT2D eigenvalue weighted by atomic mass is 16.6. The molecule has 0 aromatic heterocycles. The van der Waals surface area contributed by atoms with Crippen molar-refractivity contribution in [3.05, 3.63) is 65.7 Å². The van der Waals surface area contributed by atoms with Crippen molar-refractivity contribution in [2.24, 2.45) is 0 Å². The maximum absolute atomic E-state index is 12.4. The smallest absolute Gasteiger partial charge is 0.328 e. The maximum atomic E-state index is 12.4. The fraction of sp³-hybridized carbons (Fsp3) is 0.316. The van der Waals surface area contributed by atoms with Crippen LogP contribution >= 0.6 is 0 Å². The molecule has 120 valence electrons. The third kappa shape index (κ3) is 3.08. The zero-order chi connectivity index (χ0) is 16.4. The lowest BCUT2D eigenvalue weighted by molar-refractivity contribution is -0.172. The van der Waals surface area contributed by atoms with Crippen LogP contribution in [-0.2, 0) is 9.53 Å². The second-order valence-electron chi connectivity index (χ2n) is 6.24. The molecule has 4 heteroatoms. The third-order valence-corrected chi connectivity index (χ3v) is 4.21. The molecular formula is C19H21NO3. The van der Waals surface area contributed by atoms with Crippen molar-refractivity contribution in [2.75, 3.05) is 7.11 Å². The number of nitrogens with one attached hydrogen (secondary N) is 1. The molecule has 1 heterocycles. The minimum absolute atomic E-state index is 0.0755. The molecule has 1 saturated heterocycles. The van der Waals surface area contributed by atoms with Gasteiger partial charge in [0.2, 0.25) is 0 Å². The predicted molar refractivity (Wildman–Crippen MR) is 88.2 cm³/mol. The fourth-order valence-corrected chi connectivity index (χ4v) is 2.98. The van der Waals surface area contributed by atoms with Crippen LogP contribution in [0.1, 0.15) is 37.1 Å². The van der Waals surface area contributed by atoms with E-state index in [2.05, 4.69) is 5.32 Å². The molecule has 23 heavy (non-hydrogen) atoms. The zero-order valence-electron chi connectivity index (χ0n) is 13.6. The largest absolute Gasteiger partial charge is 0.497 e. The maximum Gasteiger partial charge on any atom is 0.328 e. The minimum Gasteiger partial charge on any atom is -0.497 e. The Labute approximate surface area is 136 Å². The summed E-state index contributed by atoms with van der Waals surface area (Å²) in [5.41, 5.74) is 1.36. The second kappa shape index (κ2) is 6.05. The van der Waals surface area contributed by atoms with E-state index in [1.54, 1.807) is 7.11 Å². The Morgan fingerprint density at radius 1 is 1.00 bits per heavy atom. The number of methoxy groups -OCH3 is 1. The number of carbonyl (C=O) groups excluding carboxylic acids is 1. The number of carbonyl (C=O) groups is 1. The van der Waals surface area contributed by atoms with Crippen molar-refractivity contribution in [1.82, 2.24) is 5.32 Å². The van der Waals surface area contributed by atoms with E-state index in [4.69, 9.17) is 9.47 Å². The lowest BCUT2D eigenvalue weighted by Crippen LogP contribution is -2.52. The van der Waals surface area contributed by atoms with E-state index >= 15 is 0 Å². The fourth-order valence-electron chi connectivity index (χ4n) is 2.98. The van der Waals surface area contributed by atoms with Crippen molar-refractivity contribution in [1.29, 1.82) is 0 Å². The number of rotatable bonds is 3. The first-order chi connectivity index (χ1) is 11.0. The van der Waals surface area contributed by atoms with Gasteiger partial charge < -0.3 is 9.47 Å². The molecule has 4 nitrogen and oxygen atoms in total. The van der Waals surface area contributed by atoms with Gasteiger partial charge in [-0.1, -0.05) is 42.5 Å². The van der Waals surface area contributed by atoms with Gasteiger partial charge in [-0.15, -0.1) is 0 Å². The van der Waals surface area contributed by atoms with Gasteiger partial charge in [-0.2, -0.15) is 0 Å². The SMILES string of the molecule is COc1ccc([C@@H]2N[C@@H](c3ccccc3)C(C)(C)OC2=O)cc1. The Balaban J connectivity index is 1.91. The molecule has 0 spiro atoms. The summed E-state index contributed by atoms with van der Waals surface area (Å²) in [6.45, 7) is 3.86. The van der Waals surface area contributed by atoms with Crippen LogP contribution in [0.5, 0.6) is 5.75 Å². The number of esters is 1. The van der Waals surface area contributed by atoms with Crippen molar-refractivity contribution in [2.45, 2.75) is 31.5 Å². The number of morpholine rings is 1. The molecule has 0 amide bonds. The molecule has 1 N–H and O–H groups in total. The zero-order valence-corrected chi connectivity index (χ0v) is 13.6. The summed E-state index contributed by atoms with van der Waals surface area (Å²) in [5.74, 6) is 0.505. The van der Waals surface area contributed by atoms with Crippen molar-refractivity contribution < 1.29 is 14.3 Å². The highest BCUT2D eigenvalue weighted by Crippen LogP contribution is 2.37. The average Bonchev–Trinajstić information content (AvgIpc) is 2.55. The number of cyclic esters (lactones) is 1. The number of ether oxygens (including phenoxy) is 2. The Hall–Kier alpha value is -2.33. The third-order valence-electron chi connectivity index (χ3n) is 4.21. The highest BCUT2D eigenvalue weighted by Gasteiger charge is 2.43. The van der Waals surface area contributed by atoms with E-state index in [1.165, 1.54) is 0 Å². The van der Waals surface area contributed by atoms with Crippen molar-refractivity contribution >= 4 is 5.97 Å². The first kappa shape index (κ1) is 15.6. The van der Waals surface area contributed by atoms with E-state index < -0.39 is 11.6 Å². The molecule has 0 radical (unpaired) electrons. The molecule has 1 aliphatic heterocycles. The standard InChI is InChI=1S/C19H21NO3/c1-19(2)17(14-7-5-4-6-8-14)20-16(18(21)23-19)13-9-11-15(22-3)12-10-13/h4-12,16-17,20H,1-3H3/t16-,17-/m0/s1. The quantitative estimate of drug-likeness (QED) is 0.883. The Kier molecular flexibility index (Phi) is 4.09. The van der Waals surface area contributed by atoms with Crippen LogP contribution in [0.25, 0.3) is 0 Å². The van der Waals surface area contributed by atoms with Gasteiger partial charge in [0.25, 0.3) is 0 Å². The van der Waals surface area contributed by atoms with Gasteiger partial charge in [0.15, 0.2) is 0 Å². The minimum atomic E-state index is -0.610. The molecule has 2 atom stereocenters. The van der Waals surface area contributed by atoms with Crippen LogP contribution in [-0.4, -0.2) is 18.7 Å². The van der Waals surface area contributed by atoms with Crippen molar-refractivity contribution in [3.8, 4) is 5.75 Å². The molecule has 1 fully saturated rings. The summed E-state index contributed by atoms with van der Waals surface area (Å²) in [6.07, 6.45) is 0. The summed E-state index contributed by atoms with van der Waals surface area (Å²) in [5, 5.41) is 3.45. The second-order valence-corrected chi connectivity index (χ2v) is 6.24. The summed E-state index contributed by atoms with van der Waals surface area (Å²) in [4.78, 5) is 12.4. The molecule has 1 aliphatic rings. The molecule has 0 saturated carbocycles. The monoisotopic (exact) mass is 311 g/mol. The Morgan fingerprint density at radius 3 is 2.26 bits per heavy atom. The van der Waals surface area contributed by atoms with E-state index in [9.17, 15) is 4.79 Å². The topological polar surface area (TPSA) is 47.6 Å². The van der Waals surface area contributed by atoms with E-state index in [0.717, 1.165) is 16.9 Å². The van der Waals surface area contributed by atoms with E-state index in [1.807, 2.05) is 68.4 Å². The van der Waals surface area contributed by atoms with Gasteiger partial charge in [-0.25, -0.2) is 4.79 Å². The number of hydrogen-bond acceptors (Lipinski definition) is 4. The Bertz CT molecular complexity index is 680. The van der Waals surface area contributed by atoms with Gasteiger partial charge in [-0.05, 0) is 37.1 Å². The molecular weight excluding hydrogens is 290 g/mol. The molecule has 0 unspecified atom stereocenters. The highest BCUT2D eigenvalue weighted by molar-refractivity contribution is 5.79. The molecule has 3 rings (SSSR count). The van der Waals surface area contributed by atoms with Crippen LogP contribution in [0.2, 0.25) is 0 Å². The first-order valence-electron chi connectivity index (χ1n) is 7.69. The summed E-state index contributed by atoms with van der Waals surface area (Å²) < 4.78 is 10.9. The summed E-state index contributed by atoms with van der Waals surface area (Å²) >= 11 is 0. The van der Waals surface area contributed by atoms with Gasteiger partial charge in [0, 0.05) is 0 Å². The molecule has 2 aromatic rings. The van der Waals surface area contributed by atoms with Gasteiger partial charge in [0.05, 0.1) is 13.2 Å². The van der Waals surface area contributed by atoms with E-state index in [0.29, 0.717) is 0 Å². The van der Waals surface area contributed by atoms with Gasteiger partial charge in [0.1, 0.15) is 17.4 Å². The molecule has 0 bridgehead atoms. The van der Waals surface area contributed by atoms with Crippen LogP contribution < -0.4 is 10.1 Å². The van der Waals surface area contributed by atoms with Crippen LogP contribution in [0.15, 0.2) is 54.6 Å². The van der Waals surface area contributed by atoms with Crippen LogP contribution in [0, 0.1) is 0 Å². The van der Waals surface area contributed by atoms with Crippen LogP contribution in [0.4, 0.5) is 0 Å². The predicted octanol–water partition coefficient (Wildman–Crippen LogP) is 3.40. The number of benzene rings is 2. The first-order valence-corrected chi connectivity index (χ1v) is 7.69. The lowest BCUT2D eigenvalue weighted by Gasteiger charge is -2.42. The number of hydrogen-bond donors (Lipinski definition) is 1. The van der Waals surface area contributed by atoms with Crippen LogP contribution in [0.3, 0.4) is 0 Å². The van der Waals surface area contributed by atoms with Crippen molar-refractivity contribution in [3.63, 3.8) is 0 Å². The van der Waals surface area contributed by atoms with Gasteiger partial charge >= 0.3 is 5.97 Å². The summed E-state index contributed by atoms with van der Waals surface area (Å²) in [7, 11) is 1.62.